The Balaban J connectivity index is 2.60. The highest BCUT2D eigenvalue weighted by atomic mass is 16.5. The third-order valence-electron chi connectivity index (χ3n) is 2.63. The van der Waals surface area contributed by atoms with Gasteiger partial charge in [-0.15, -0.1) is 0 Å². The third-order valence-corrected chi connectivity index (χ3v) is 2.63. The van der Waals surface area contributed by atoms with Crippen LogP contribution >= 0.6 is 0 Å². The summed E-state index contributed by atoms with van der Waals surface area (Å²) >= 11 is 0. The minimum Gasteiger partial charge on any atom is -0.493 e. The molecule has 92 valence electrons. The first-order valence-electron chi connectivity index (χ1n) is 5.41. The Kier molecular flexibility index (Phi) is 3.57. The highest BCUT2D eigenvalue weighted by Crippen LogP contribution is 2.35. The quantitative estimate of drug-likeness (QED) is 0.774. The number of benzene rings is 1. The van der Waals surface area contributed by atoms with E-state index in [1.54, 1.807) is 25.6 Å². The number of ether oxygens (including phenoxy) is 2. The molecule has 0 aliphatic carbocycles. The first-order chi connectivity index (χ1) is 8.80. The Morgan fingerprint density at radius 1 is 1.17 bits per heavy atom. The van der Waals surface area contributed by atoms with Crippen LogP contribution in [0.3, 0.4) is 0 Å². The van der Waals surface area contributed by atoms with Crippen molar-refractivity contribution >= 4 is 6.29 Å². The van der Waals surface area contributed by atoms with E-state index in [-0.39, 0.29) is 0 Å². The van der Waals surface area contributed by atoms with Gasteiger partial charge in [0.15, 0.2) is 17.8 Å². The Morgan fingerprint density at radius 2 is 2.00 bits per heavy atom. The third kappa shape index (κ3) is 2.18. The van der Waals surface area contributed by atoms with E-state index in [1.807, 2.05) is 18.2 Å². The molecule has 18 heavy (non-hydrogen) atoms. The van der Waals surface area contributed by atoms with Gasteiger partial charge in [0.1, 0.15) is 0 Å². The first-order valence-corrected chi connectivity index (χ1v) is 5.41. The number of hydrogen-bond acceptors (Lipinski definition) is 4. The van der Waals surface area contributed by atoms with Crippen LogP contribution in [0.4, 0.5) is 0 Å². The summed E-state index contributed by atoms with van der Waals surface area (Å²) < 4.78 is 10.4. The normalized spacial score (nSPS) is 9.89. The smallest absolute Gasteiger partial charge is 0.171 e. The number of nitrogens with zero attached hydrogens (tertiary/aromatic N) is 1. The van der Waals surface area contributed by atoms with Crippen molar-refractivity contribution in [1.82, 2.24) is 4.98 Å². The van der Waals surface area contributed by atoms with Gasteiger partial charge in [-0.25, -0.2) is 0 Å². The van der Waals surface area contributed by atoms with E-state index in [9.17, 15) is 4.79 Å². The van der Waals surface area contributed by atoms with Crippen LogP contribution in [0.2, 0.25) is 0 Å². The van der Waals surface area contributed by atoms with Gasteiger partial charge in [-0.05, 0) is 23.8 Å². The fraction of sp³-hybridized carbons (Fsp3) is 0.143. The van der Waals surface area contributed by atoms with Crippen molar-refractivity contribution in [1.29, 1.82) is 0 Å². The predicted octanol–water partition coefficient (Wildman–Crippen LogP) is 2.58. The van der Waals surface area contributed by atoms with Crippen molar-refractivity contribution in [3.05, 3.63) is 42.2 Å². The fourth-order valence-corrected chi connectivity index (χ4v) is 1.78. The summed E-state index contributed by atoms with van der Waals surface area (Å²) in [5.41, 5.74) is 2.24. The number of rotatable bonds is 4. The lowest BCUT2D eigenvalue weighted by Crippen LogP contribution is -1.96. The molecule has 4 nitrogen and oxygen atoms in total. The number of hydrogen-bond donors (Lipinski definition) is 0. The molecule has 0 aliphatic heterocycles. The van der Waals surface area contributed by atoms with Gasteiger partial charge in [0, 0.05) is 18.0 Å². The van der Waals surface area contributed by atoms with E-state index in [0.29, 0.717) is 17.1 Å². The molecule has 2 aromatic rings. The highest BCUT2D eigenvalue weighted by molar-refractivity contribution is 5.85. The molecule has 0 atom stereocenters. The van der Waals surface area contributed by atoms with Crippen molar-refractivity contribution in [3.63, 3.8) is 0 Å². The summed E-state index contributed by atoms with van der Waals surface area (Å²) in [5, 5.41) is 0. The van der Waals surface area contributed by atoms with E-state index in [2.05, 4.69) is 4.98 Å². The van der Waals surface area contributed by atoms with Crippen LogP contribution in [0, 0.1) is 0 Å². The van der Waals surface area contributed by atoms with E-state index in [0.717, 1.165) is 17.4 Å². The molecule has 0 saturated heterocycles. The number of pyridine rings is 1. The Bertz CT molecular complexity index is 552. The number of carbonyl (C=O) groups excluding carboxylic acids is 1. The first kappa shape index (κ1) is 12.1. The lowest BCUT2D eigenvalue weighted by molar-refractivity contribution is 0.112. The van der Waals surface area contributed by atoms with E-state index in [1.165, 1.54) is 7.11 Å². The maximum absolute atomic E-state index is 11.1. The van der Waals surface area contributed by atoms with Gasteiger partial charge < -0.3 is 9.47 Å². The number of methoxy groups -OCH3 is 2. The number of aldehydes is 1. The molecule has 2 rings (SSSR count). The minimum atomic E-state index is 0.445. The number of carbonyl (C=O) groups is 1. The average Bonchev–Trinajstić information content (AvgIpc) is 2.46. The summed E-state index contributed by atoms with van der Waals surface area (Å²) in [4.78, 5) is 15.1. The van der Waals surface area contributed by atoms with Crippen molar-refractivity contribution in [2.75, 3.05) is 14.2 Å². The topological polar surface area (TPSA) is 48.4 Å². The van der Waals surface area contributed by atoms with Crippen molar-refractivity contribution in [2.24, 2.45) is 0 Å². The highest BCUT2D eigenvalue weighted by Gasteiger charge is 2.12. The van der Waals surface area contributed by atoms with Gasteiger partial charge >= 0.3 is 0 Å². The minimum absolute atomic E-state index is 0.445. The molecular formula is C14H13NO3. The molecule has 0 spiro atoms. The van der Waals surface area contributed by atoms with Crippen LogP contribution in [0.1, 0.15) is 10.4 Å². The molecular weight excluding hydrogens is 230 g/mol. The lowest BCUT2D eigenvalue weighted by Gasteiger charge is -2.12. The van der Waals surface area contributed by atoms with Crippen LogP contribution in [-0.4, -0.2) is 25.5 Å². The van der Waals surface area contributed by atoms with Gasteiger partial charge in [-0.2, -0.15) is 0 Å². The Hall–Kier alpha value is -2.36. The molecule has 0 unspecified atom stereocenters. The number of aromatic nitrogens is 1. The summed E-state index contributed by atoms with van der Waals surface area (Å²) in [6, 6.07) is 7.34. The summed E-state index contributed by atoms with van der Waals surface area (Å²) in [6.07, 6.45) is 4.18. The van der Waals surface area contributed by atoms with Crippen LogP contribution < -0.4 is 9.47 Å². The SMILES string of the molecule is COc1cc(-c2cccnc2)cc(C=O)c1OC. The molecule has 0 aliphatic rings. The zero-order valence-electron chi connectivity index (χ0n) is 10.2. The zero-order valence-corrected chi connectivity index (χ0v) is 10.2. The molecule has 1 aromatic carbocycles. The summed E-state index contributed by atoms with van der Waals surface area (Å²) in [5.74, 6) is 0.973. The van der Waals surface area contributed by atoms with Gasteiger partial charge in [-0.1, -0.05) is 6.07 Å². The average molecular weight is 243 g/mol. The molecule has 0 amide bonds. The fourth-order valence-electron chi connectivity index (χ4n) is 1.78. The molecule has 0 saturated carbocycles. The van der Waals surface area contributed by atoms with Crippen LogP contribution in [0.25, 0.3) is 11.1 Å². The monoisotopic (exact) mass is 243 g/mol. The van der Waals surface area contributed by atoms with Crippen LogP contribution in [0.15, 0.2) is 36.7 Å². The van der Waals surface area contributed by atoms with E-state index >= 15 is 0 Å². The second-order valence-corrected chi connectivity index (χ2v) is 3.66. The molecule has 0 radical (unpaired) electrons. The maximum atomic E-state index is 11.1. The Morgan fingerprint density at radius 3 is 2.56 bits per heavy atom. The molecule has 1 heterocycles. The predicted molar refractivity (Wildman–Crippen MR) is 68.2 cm³/mol. The van der Waals surface area contributed by atoms with Crippen molar-refractivity contribution in [2.45, 2.75) is 0 Å². The summed E-state index contributed by atoms with van der Waals surface area (Å²) in [6.45, 7) is 0. The molecule has 0 N–H and O–H groups in total. The van der Waals surface area contributed by atoms with Crippen LogP contribution in [0.5, 0.6) is 11.5 Å². The second-order valence-electron chi connectivity index (χ2n) is 3.66. The second kappa shape index (κ2) is 5.31. The Labute approximate surface area is 105 Å². The van der Waals surface area contributed by atoms with E-state index < -0.39 is 0 Å². The zero-order chi connectivity index (χ0) is 13.0. The van der Waals surface area contributed by atoms with Gasteiger partial charge in [0.05, 0.1) is 19.8 Å². The molecule has 0 fully saturated rings. The summed E-state index contributed by atoms with van der Waals surface area (Å²) in [7, 11) is 3.05. The van der Waals surface area contributed by atoms with Gasteiger partial charge in [0.25, 0.3) is 0 Å². The van der Waals surface area contributed by atoms with Crippen molar-refractivity contribution in [3.8, 4) is 22.6 Å². The molecule has 1 aromatic heterocycles. The maximum Gasteiger partial charge on any atom is 0.171 e. The lowest BCUT2D eigenvalue weighted by atomic mass is 10.0. The largest absolute Gasteiger partial charge is 0.493 e. The van der Waals surface area contributed by atoms with Gasteiger partial charge in [-0.3, -0.25) is 9.78 Å². The molecule has 4 heteroatoms. The van der Waals surface area contributed by atoms with E-state index in [4.69, 9.17) is 9.47 Å². The van der Waals surface area contributed by atoms with Crippen molar-refractivity contribution < 1.29 is 14.3 Å². The standard InChI is InChI=1S/C14H13NO3/c1-17-13-7-11(10-4-3-5-15-8-10)6-12(9-16)14(13)18-2/h3-9H,1-2H3. The van der Waals surface area contributed by atoms with Crippen LogP contribution in [-0.2, 0) is 0 Å². The van der Waals surface area contributed by atoms with Gasteiger partial charge in [0.2, 0.25) is 0 Å². The molecule has 0 bridgehead atoms.